The number of carbonyl (C=O) groups excluding carboxylic acids is 1. The number of phenolic OH excluding ortho intramolecular Hbond substituents is 1. The number of nitrogens with one attached hydrogen (secondary N) is 1. The summed E-state index contributed by atoms with van der Waals surface area (Å²) < 4.78 is 0. The number of carbonyl (C=O) groups is 1. The molecule has 1 aliphatic rings. The maximum Gasteiger partial charge on any atom is 0.254 e. The molecule has 0 radical (unpaired) electrons. The minimum Gasteiger partial charge on any atom is -0.508 e. The fourth-order valence-electron chi connectivity index (χ4n) is 3.78. The highest BCUT2D eigenvalue weighted by molar-refractivity contribution is 5.94. The molecule has 2 aromatic carbocycles. The summed E-state index contributed by atoms with van der Waals surface area (Å²) in [6.07, 6.45) is 1.67. The second kappa shape index (κ2) is 6.82. The van der Waals surface area contributed by atoms with Crippen molar-refractivity contribution in [1.29, 1.82) is 0 Å². The summed E-state index contributed by atoms with van der Waals surface area (Å²) in [5.74, 6) is 0.154. The van der Waals surface area contributed by atoms with E-state index in [0.29, 0.717) is 18.7 Å². The Hall–Kier alpha value is -3.08. The zero-order valence-electron chi connectivity index (χ0n) is 16.4. The van der Waals surface area contributed by atoms with Gasteiger partial charge < -0.3 is 15.0 Å². The van der Waals surface area contributed by atoms with Crippen LogP contribution in [-0.4, -0.2) is 32.4 Å². The summed E-state index contributed by atoms with van der Waals surface area (Å²) in [4.78, 5) is 22.7. The second-order valence-corrected chi connectivity index (χ2v) is 8.43. The molecule has 3 aromatic rings. The molecule has 2 heterocycles. The Bertz CT molecular complexity index is 999. The summed E-state index contributed by atoms with van der Waals surface area (Å²) in [6, 6.07) is 15.1. The first-order valence-electron chi connectivity index (χ1n) is 9.54. The Labute approximate surface area is 165 Å². The average molecular weight is 375 g/mol. The molecule has 28 heavy (non-hydrogen) atoms. The van der Waals surface area contributed by atoms with E-state index >= 15 is 0 Å². The van der Waals surface area contributed by atoms with Gasteiger partial charge in [0.05, 0.1) is 24.3 Å². The molecular weight excluding hydrogens is 350 g/mol. The smallest absolute Gasteiger partial charge is 0.254 e. The Morgan fingerprint density at radius 2 is 1.93 bits per heavy atom. The Morgan fingerprint density at radius 3 is 2.61 bits per heavy atom. The minimum atomic E-state index is -0.0695. The van der Waals surface area contributed by atoms with Crippen molar-refractivity contribution in [2.45, 2.75) is 38.6 Å². The van der Waals surface area contributed by atoms with Gasteiger partial charge in [0.15, 0.2) is 0 Å². The lowest BCUT2D eigenvalue weighted by atomic mass is 9.86. The van der Waals surface area contributed by atoms with Crippen LogP contribution in [0.2, 0.25) is 0 Å². The summed E-state index contributed by atoms with van der Waals surface area (Å²) in [5, 5.41) is 9.88. The lowest BCUT2D eigenvalue weighted by molar-refractivity contribution is 0.0722. The fraction of sp³-hybridized carbons (Fsp3) is 0.304. The van der Waals surface area contributed by atoms with Gasteiger partial charge in [0.1, 0.15) is 5.75 Å². The van der Waals surface area contributed by atoms with Gasteiger partial charge in [-0.15, -0.1) is 0 Å². The average Bonchev–Trinajstić information content (AvgIpc) is 3.14. The molecule has 0 aliphatic carbocycles. The van der Waals surface area contributed by atoms with E-state index < -0.39 is 0 Å². The number of amides is 1. The summed E-state index contributed by atoms with van der Waals surface area (Å²) in [5.41, 5.74) is 4.78. The van der Waals surface area contributed by atoms with Crippen LogP contribution in [0.4, 0.5) is 0 Å². The van der Waals surface area contributed by atoms with Crippen LogP contribution in [0.3, 0.4) is 0 Å². The molecular formula is C23H25N3O2. The van der Waals surface area contributed by atoms with Crippen LogP contribution in [0.15, 0.2) is 54.9 Å². The van der Waals surface area contributed by atoms with Gasteiger partial charge >= 0.3 is 0 Å². The maximum absolute atomic E-state index is 13.2. The van der Waals surface area contributed by atoms with Gasteiger partial charge in [-0.2, -0.15) is 0 Å². The Kier molecular flexibility index (Phi) is 4.46. The highest BCUT2D eigenvalue weighted by Gasteiger charge is 2.32. The zero-order valence-corrected chi connectivity index (χ0v) is 16.4. The van der Waals surface area contributed by atoms with Crippen molar-refractivity contribution in [3.05, 3.63) is 82.9 Å². The molecule has 0 fully saturated rings. The minimum absolute atomic E-state index is 0.00543. The van der Waals surface area contributed by atoms with Gasteiger partial charge in [0, 0.05) is 18.0 Å². The summed E-state index contributed by atoms with van der Waals surface area (Å²) in [6.45, 7) is 7.52. The number of aromatic hydroxyl groups is 1. The van der Waals surface area contributed by atoms with Gasteiger partial charge in [-0.25, -0.2) is 4.98 Å². The van der Waals surface area contributed by atoms with E-state index in [1.54, 1.807) is 18.5 Å². The van der Waals surface area contributed by atoms with Crippen LogP contribution in [0.1, 0.15) is 59.6 Å². The quantitative estimate of drug-likeness (QED) is 0.705. The number of imidazole rings is 1. The lowest BCUT2D eigenvalue weighted by Gasteiger charge is -2.32. The molecule has 1 unspecified atom stereocenters. The van der Waals surface area contributed by atoms with Crippen molar-refractivity contribution in [3.8, 4) is 5.75 Å². The van der Waals surface area contributed by atoms with E-state index in [0.717, 1.165) is 17.0 Å². The van der Waals surface area contributed by atoms with E-state index in [2.05, 4.69) is 30.7 Å². The van der Waals surface area contributed by atoms with Crippen molar-refractivity contribution in [2.75, 3.05) is 6.54 Å². The molecule has 0 spiro atoms. The number of nitrogens with zero attached hydrogens (tertiary/aromatic N) is 2. The highest BCUT2D eigenvalue weighted by Crippen LogP contribution is 2.33. The van der Waals surface area contributed by atoms with Gasteiger partial charge in [-0.05, 0) is 40.8 Å². The van der Waals surface area contributed by atoms with Crippen molar-refractivity contribution in [3.63, 3.8) is 0 Å². The van der Waals surface area contributed by atoms with Gasteiger partial charge in [-0.3, -0.25) is 4.79 Å². The molecule has 0 saturated carbocycles. The number of aromatic nitrogens is 2. The van der Waals surface area contributed by atoms with E-state index in [9.17, 15) is 9.90 Å². The SMILES string of the molecule is CC(C)(C)c1ccc(C(=O)N2Cc3[nH]cnc3C(c3cccc(O)c3)C2)cc1. The zero-order chi connectivity index (χ0) is 19.9. The third kappa shape index (κ3) is 3.40. The molecule has 1 atom stereocenters. The topological polar surface area (TPSA) is 69.2 Å². The van der Waals surface area contributed by atoms with Gasteiger partial charge in [0.25, 0.3) is 5.91 Å². The van der Waals surface area contributed by atoms with Crippen LogP contribution in [0.5, 0.6) is 5.75 Å². The monoisotopic (exact) mass is 375 g/mol. The molecule has 0 saturated heterocycles. The first-order chi connectivity index (χ1) is 13.3. The van der Waals surface area contributed by atoms with E-state index in [4.69, 9.17) is 0 Å². The molecule has 144 valence electrons. The van der Waals surface area contributed by atoms with Crippen LogP contribution < -0.4 is 0 Å². The van der Waals surface area contributed by atoms with Crippen LogP contribution in [-0.2, 0) is 12.0 Å². The number of hydrogen-bond donors (Lipinski definition) is 2. The fourth-order valence-corrected chi connectivity index (χ4v) is 3.78. The predicted octanol–water partition coefficient (Wildman–Crippen LogP) is 4.20. The second-order valence-electron chi connectivity index (χ2n) is 8.43. The molecule has 5 heteroatoms. The standard InChI is InChI=1S/C23H25N3O2/c1-23(2,3)17-9-7-15(8-10-17)22(28)26-12-19(16-5-4-6-18(27)11-16)21-20(13-26)24-14-25-21/h4-11,14,19,27H,12-13H2,1-3H3,(H,24,25). The first-order valence-corrected chi connectivity index (χ1v) is 9.54. The summed E-state index contributed by atoms with van der Waals surface area (Å²) in [7, 11) is 0. The maximum atomic E-state index is 13.2. The van der Waals surface area contributed by atoms with Crippen LogP contribution >= 0.6 is 0 Å². The molecule has 1 amide bonds. The third-order valence-corrected chi connectivity index (χ3v) is 5.39. The van der Waals surface area contributed by atoms with E-state index in [1.165, 1.54) is 5.56 Å². The molecule has 5 nitrogen and oxygen atoms in total. The molecule has 1 aliphatic heterocycles. The number of H-pyrrole nitrogens is 1. The van der Waals surface area contributed by atoms with E-state index in [-0.39, 0.29) is 23.0 Å². The van der Waals surface area contributed by atoms with E-state index in [1.807, 2.05) is 41.3 Å². The first kappa shape index (κ1) is 18.3. The normalized spacial score (nSPS) is 16.7. The summed E-state index contributed by atoms with van der Waals surface area (Å²) >= 11 is 0. The van der Waals surface area contributed by atoms with Gasteiger partial charge in [0.2, 0.25) is 0 Å². The van der Waals surface area contributed by atoms with Crippen LogP contribution in [0.25, 0.3) is 0 Å². The molecule has 2 N–H and O–H groups in total. The number of hydrogen-bond acceptors (Lipinski definition) is 3. The van der Waals surface area contributed by atoms with Gasteiger partial charge in [-0.1, -0.05) is 45.0 Å². The molecule has 4 rings (SSSR count). The predicted molar refractivity (Wildman–Crippen MR) is 108 cm³/mol. The number of rotatable bonds is 2. The Morgan fingerprint density at radius 1 is 1.18 bits per heavy atom. The third-order valence-electron chi connectivity index (χ3n) is 5.39. The van der Waals surface area contributed by atoms with Crippen molar-refractivity contribution >= 4 is 5.91 Å². The number of fused-ring (bicyclic) bond motifs is 1. The number of aromatic amines is 1. The Balaban J connectivity index is 1.63. The number of phenols is 1. The molecule has 1 aromatic heterocycles. The largest absolute Gasteiger partial charge is 0.508 e. The van der Waals surface area contributed by atoms with Crippen molar-refractivity contribution < 1.29 is 9.90 Å². The molecule has 0 bridgehead atoms. The van der Waals surface area contributed by atoms with Crippen LogP contribution in [0, 0.1) is 0 Å². The van der Waals surface area contributed by atoms with Crippen molar-refractivity contribution in [1.82, 2.24) is 14.9 Å². The highest BCUT2D eigenvalue weighted by atomic mass is 16.3. The van der Waals surface area contributed by atoms with Crippen molar-refractivity contribution in [2.24, 2.45) is 0 Å². The number of benzene rings is 2. The lowest BCUT2D eigenvalue weighted by Crippen LogP contribution is -2.38.